The first-order valence-corrected chi connectivity index (χ1v) is 5.21. The molecule has 0 amide bonds. The van der Waals surface area contributed by atoms with Gasteiger partial charge in [0.2, 0.25) is 0 Å². The van der Waals surface area contributed by atoms with E-state index in [0.717, 1.165) is 23.9 Å². The van der Waals surface area contributed by atoms with Crippen LogP contribution in [-0.2, 0) is 13.6 Å². The number of nitrogens with zero attached hydrogens (tertiary/aromatic N) is 5. The van der Waals surface area contributed by atoms with E-state index in [0.29, 0.717) is 0 Å². The number of aryl methyl sites for hydroxylation is 1. The number of rotatable bonds is 3. The quantitative estimate of drug-likeness (QED) is 0.750. The van der Waals surface area contributed by atoms with Crippen molar-refractivity contribution in [2.24, 2.45) is 13.0 Å². The molecule has 0 N–H and O–H groups in total. The average Bonchev–Trinajstić information content (AvgIpc) is 2.73. The summed E-state index contributed by atoms with van der Waals surface area (Å²) >= 11 is 0. The highest BCUT2D eigenvalue weighted by Crippen LogP contribution is 2.31. The molecule has 2 aromatic rings. The van der Waals surface area contributed by atoms with Crippen molar-refractivity contribution in [3.63, 3.8) is 0 Å². The molecule has 1 fully saturated rings. The maximum atomic E-state index is 4.32. The fraction of sp³-hybridized carbons (Fsp3) is 0.500. The summed E-state index contributed by atoms with van der Waals surface area (Å²) in [6, 6.07) is 1.99. The van der Waals surface area contributed by atoms with Crippen LogP contribution in [-0.4, -0.2) is 24.8 Å². The summed E-state index contributed by atoms with van der Waals surface area (Å²) in [5.41, 5.74) is 1.96. The first-order valence-electron chi connectivity index (χ1n) is 5.21. The van der Waals surface area contributed by atoms with Crippen molar-refractivity contribution in [1.82, 2.24) is 24.8 Å². The van der Waals surface area contributed by atoms with E-state index < -0.39 is 0 Å². The Hall–Kier alpha value is -1.65. The van der Waals surface area contributed by atoms with Crippen LogP contribution < -0.4 is 0 Å². The molecular weight excluding hydrogens is 190 g/mol. The zero-order valence-electron chi connectivity index (χ0n) is 8.67. The lowest BCUT2D eigenvalue weighted by Gasteiger charge is -2.02. The molecule has 0 aliphatic heterocycles. The Labute approximate surface area is 87.7 Å². The minimum absolute atomic E-state index is 0.820. The van der Waals surface area contributed by atoms with Gasteiger partial charge < -0.3 is 0 Å². The van der Waals surface area contributed by atoms with Crippen LogP contribution in [0.3, 0.4) is 0 Å². The second-order valence-corrected chi connectivity index (χ2v) is 4.12. The molecule has 3 rings (SSSR count). The molecule has 1 aliphatic carbocycles. The van der Waals surface area contributed by atoms with Crippen molar-refractivity contribution in [3.8, 4) is 11.4 Å². The van der Waals surface area contributed by atoms with Gasteiger partial charge in [-0.15, -0.1) is 5.10 Å². The van der Waals surface area contributed by atoms with Gasteiger partial charge in [-0.2, -0.15) is 5.10 Å². The Morgan fingerprint density at radius 3 is 3.00 bits per heavy atom. The van der Waals surface area contributed by atoms with Crippen LogP contribution in [0.25, 0.3) is 11.4 Å². The fourth-order valence-electron chi connectivity index (χ4n) is 1.71. The van der Waals surface area contributed by atoms with Gasteiger partial charge in [0.1, 0.15) is 5.69 Å². The molecular formula is C10H13N5. The van der Waals surface area contributed by atoms with Gasteiger partial charge in [0.25, 0.3) is 0 Å². The van der Waals surface area contributed by atoms with E-state index >= 15 is 0 Å². The maximum Gasteiger partial charge on any atom is 0.131 e. The average molecular weight is 203 g/mol. The number of hydrogen-bond donors (Lipinski definition) is 0. The smallest absolute Gasteiger partial charge is 0.131 e. The maximum absolute atomic E-state index is 4.32. The summed E-state index contributed by atoms with van der Waals surface area (Å²) in [6.45, 7) is 1.01. The molecule has 5 heteroatoms. The van der Waals surface area contributed by atoms with Crippen molar-refractivity contribution < 1.29 is 0 Å². The van der Waals surface area contributed by atoms with Gasteiger partial charge in [-0.1, -0.05) is 5.21 Å². The molecule has 0 radical (unpaired) electrons. The minimum Gasteiger partial charge on any atom is -0.263 e. The lowest BCUT2D eigenvalue weighted by atomic mass is 10.3. The first-order chi connectivity index (χ1) is 7.33. The lowest BCUT2D eigenvalue weighted by molar-refractivity contribution is 0.568. The largest absolute Gasteiger partial charge is 0.263 e. The highest BCUT2D eigenvalue weighted by Gasteiger charge is 2.23. The number of hydrogen-bond acceptors (Lipinski definition) is 3. The summed E-state index contributed by atoms with van der Waals surface area (Å²) in [5, 5.41) is 12.4. The van der Waals surface area contributed by atoms with E-state index in [4.69, 9.17) is 0 Å². The van der Waals surface area contributed by atoms with Gasteiger partial charge in [0, 0.05) is 19.8 Å². The molecule has 2 heterocycles. The Morgan fingerprint density at radius 2 is 2.33 bits per heavy atom. The summed E-state index contributed by atoms with van der Waals surface area (Å²) in [6.07, 6.45) is 6.41. The van der Waals surface area contributed by atoms with E-state index in [1.54, 1.807) is 4.68 Å². The van der Waals surface area contributed by atoms with Crippen LogP contribution in [0.1, 0.15) is 12.8 Å². The summed E-state index contributed by atoms with van der Waals surface area (Å²) in [7, 11) is 1.87. The molecule has 0 unspecified atom stereocenters. The first kappa shape index (κ1) is 8.64. The van der Waals surface area contributed by atoms with Gasteiger partial charge in [-0.3, -0.25) is 9.36 Å². The SMILES string of the molecule is Cn1cc(-c2ccnn2CC2CC2)nn1. The molecule has 1 saturated carbocycles. The van der Waals surface area contributed by atoms with Crippen molar-refractivity contribution >= 4 is 0 Å². The second-order valence-electron chi connectivity index (χ2n) is 4.12. The van der Waals surface area contributed by atoms with Crippen LogP contribution >= 0.6 is 0 Å². The third kappa shape index (κ3) is 1.65. The summed E-state index contributed by atoms with van der Waals surface area (Å²) in [5.74, 6) is 0.820. The van der Waals surface area contributed by atoms with Crippen LogP contribution in [0.4, 0.5) is 0 Å². The highest BCUT2D eigenvalue weighted by molar-refractivity contribution is 5.52. The van der Waals surface area contributed by atoms with Crippen LogP contribution in [0, 0.1) is 5.92 Å². The minimum atomic E-state index is 0.820. The van der Waals surface area contributed by atoms with Crippen LogP contribution in [0.15, 0.2) is 18.5 Å². The van der Waals surface area contributed by atoms with Gasteiger partial charge >= 0.3 is 0 Å². The molecule has 2 aromatic heterocycles. The Balaban J connectivity index is 1.92. The Bertz CT molecular complexity index is 466. The predicted octanol–water partition coefficient (Wildman–Crippen LogP) is 1.09. The number of aromatic nitrogens is 5. The molecule has 0 spiro atoms. The third-order valence-electron chi connectivity index (χ3n) is 2.71. The van der Waals surface area contributed by atoms with E-state index in [2.05, 4.69) is 15.4 Å². The van der Waals surface area contributed by atoms with Crippen molar-refractivity contribution in [3.05, 3.63) is 18.5 Å². The van der Waals surface area contributed by atoms with Gasteiger partial charge in [0.05, 0.1) is 11.9 Å². The molecule has 78 valence electrons. The van der Waals surface area contributed by atoms with Gasteiger partial charge in [0.15, 0.2) is 0 Å². The highest BCUT2D eigenvalue weighted by atomic mass is 15.4. The monoisotopic (exact) mass is 203 g/mol. The summed E-state index contributed by atoms with van der Waals surface area (Å²) in [4.78, 5) is 0. The summed E-state index contributed by atoms with van der Waals surface area (Å²) < 4.78 is 3.74. The topological polar surface area (TPSA) is 48.5 Å². The Morgan fingerprint density at radius 1 is 1.47 bits per heavy atom. The van der Waals surface area contributed by atoms with E-state index in [-0.39, 0.29) is 0 Å². The molecule has 0 aromatic carbocycles. The van der Waals surface area contributed by atoms with E-state index in [1.807, 2.05) is 30.2 Å². The molecule has 5 nitrogen and oxygen atoms in total. The molecule has 1 aliphatic rings. The van der Waals surface area contributed by atoms with E-state index in [9.17, 15) is 0 Å². The molecule has 0 atom stereocenters. The van der Waals surface area contributed by atoms with E-state index in [1.165, 1.54) is 12.8 Å². The van der Waals surface area contributed by atoms with Crippen molar-refractivity contribution in [2.45, 2.75) is 19.4 Å². The Kier molecular flexibility index (Phi) is 1.83. The standard InChI is InChI=1S/C10H13N5/c1-14-7-9(12-13-14)10-4-5-11-15(10)6-8-2-3-8/h4-5,7-8H,2-3,6H2,1H3. The van der Waals surface area contributed by atoms with Gasteiger partial charge in [-0.25, -0.2) is 0 Å². The molecule has 15 heavy (non-hydrogen) atoms. The molecule has 0 bridgehead atoms. The zero-order chi connectivity index (χ0) is 10.3. The third-order valence-corrected chi connectivity index (χ3v) is 2.71. The van der Waals surface area contributed by atoms with Crippen LogP contribution in [0.5, 0.6) is 0 Å². The van der Waals surface area contributed by atoms with Crippen molar-refractivity contribution in [2.75, 3.05) is 0 Å². The zero-order valence-corrected chi connectivity index (χ0v) is 8.67. The second kappa shape index (κ2) is 3.18. The predicted molar refractivity (Wildman–Crippen MR) is 54.9 cm³/mol. The fourth-order valence-corrected chi connectivity index (χ4v) is 1.71. The normalized spacial score (nSPS) is 15.8. The van der Waals surface area contributed by atoms with Crippen molar-refractivity contribution in [1.29, 1.82) is 0 Å². The lowest BCUT2D eigenvalue weighted by Crippen LogP contribution is -2.03. The van der Waals surface area contributed by atoms with Crippen LogP contribution in [0.2, 0.25) is 0 Å². The molecule has 0 saturated heterocycles. The van der Waals surface area contributed by atoms with Gasteiger partial charge in [-0.05, 0) is 24.8 Å².